The first-order valence-corrected chi connectivity index (χ1v) is 9.85. The predicted molar refractivity (Wildman–Crippen MR) is 111 cm³/mol. The number of anilines is 2. The Kier molecular flexibility index (Phi) is 5.69. The van der Waals surface area contributed by atoms with Gasteiger partial charge in [-0.1, -0.05) is 25.0 Å². The van der Waals surface area contributed by atoms with Gasteiger partial charge in [-0.25, -0.2) is 0 Å². The van der Waals surface area contributed by atoms with Gasteiger partial charge in [0.25, 0.3) is 5.91 Å². The fourth-order valence-electron chi connectivity index (χ4n) is 3.44. The summed E-state index contributed by atoms with van der Waals surface area (Å²) in [5.74, 6) is -0.297. The Labute approximate surface area is 172 Å². The number of carbonyl (C=O) groups excluding carboxylic acids is 1. The maximum absolute atomic E-state index is 12.3. The lowest BCUT2D eigenvalue weighted by Crippen LogP contribution is -2.25. The fourth-order valence-corrected chi connectivity index (χ4v) is 3.44. The Balaban J connectivity index is 1.47. The van der Waals surface area contributed by atoms with Crippen molar-refractivity contribution < 1.29 is 14.1 Å². The molecule has 30 heavy (non-hydrogen) atoms. The van der Waals surface area contributed by atoms with E-state index in [1.165, 1.54) is 31.7 Å². The van der Waals surface area contributed by atoms with Gasteiger partial charge in [-0.15, -0.1) is 10.2 Å². The molecule has 4 rings (SSSR count). The van der Waals surface area contributed by atoms with Crippen molar-refractivity contribution >= 4 is 23.3 Å². The van der Waals surface area contributed by atoms with Crippen molar-refractivity contribution in [3.63, 3.8) is 0 Å². The summed E-state index contributed by atoms with van der Waals surface area (Å²) in [5, 5.41) is 22.1. The fraction of sp³-hybridized carbons (Fsp3) is 0.286. The number of nitrogens with zero attached hydrogens (tertiary/aromatic N) is 4. The van der Waals surface area contributed by atoms with Crippen LogP contribution >= 0.6 is 0 Å². The summed E-state index contributed by atoms with van der Waals surface area (Å²) in [5.41, 5.74) is 2.02. The molecule has 3 heterocycles. The summed E-state index contributed by atoms with van der Waals surface area (Å²) in [6.45, 7) is 2.00. The van der Waals surface area contributed by atoms with Crippen molar-refractivity contribution in [3.8, 4) is 11.3 Å². The number of aromatic nitrogens is 2. The first-order chi connectivity index (χ1) is 14.6. The van der Waals surface area contributed by atoms with Crippen LogP contribution in [0.3, 0.4) is 0 Å². The number of carbonyl (C=O) groups is 1. The van der Waals surface area contributed by atoms with Crippen LogP contribution in [-0.4, -0.2) is 34.1 Å². The molecule has 0 radical (unpaired) electrons. The van der Waals surface area contributed by atoms with Crippen molar-refractivity contribution in [1.29, 1.82) is 0 Å². The third-order valence-corrected chi connectivity index (χ3v) is 4.99. The van der Waals surface area contributed by atoms with E-state index in [1.54, 1.807) is 18.2 Å². The molecule has 0 aliphatic carbocycles. The molecule has 0 atom stereocenters. The van der Waals surface area contributed by atoms with Gasteiger partial charge in [0.2, 0.25) is 0 Å². The van der Waals surface area contributed by atoms with Crippen molar-refractivity contribution in [2.45, 2.75) is 25.7 Å². The van der Waals surface area contributed by atoms with E-state index >= 15 is 0 Å². The van der Waals surface area contributed by atoms with Crippen LogP contribution in [0.25, 0.3) is 11.3 Å². The number of hydrogen-bond donors (Lipinski definition) is 1. The van der Waals surface area contributed by atoms with Gasteiger partial charge in [-0.05, 0) is 43.2 Å². The molecule has 1 aliphatic heterocycles. The Bertz CT molecular complexity index is 1040. The van der Waals surface area contributed by atoms with E-state index in [0.29, 0.717) is 11.4 Å². The highest BCUT2D eigenvalue weighted by molar-refractivity contribution is 6.02. The van der Waals surface area contributed by atoms with Gasteiger partial charge in [0.05, 0.1) is 11.8 Å². The van der Waals surface area contributed by atoms with Gasteiger partial charge in [0.1, 0.15) is 4.92 Å². The van der Waals surface area contributed by atoms with E-state index in [2.05, 4.69) is 20.4 Å². The third-order valence-electron chi connectivity index (χ3n) is 4.99. The van der Waals surface area contributed by atoms with E-state index in [9.17, 15) is 14.9 Å². The predicted octanol–water partition coefficient (Wildman–Crippen LogP) is 4.28. The van der Waals surface area contributed by atoms with Crippen LogP contribution in [0.1, 0.15) is 36.2 Å². The summed E-state index contributed by atoms with van der Waals surface area (Å²) >= 11 is 0. The highest BCUT2D eigenvalue weighted by Gasteiger charge is 2.18. The summed E-state index contributed by atoms with van der Waals surface area (Å²) in [6, 6.07) is 13.5. The first kappa shape index (κ1) is 19.6. The Morgan fingerprint density at radius 1 is 1.03 bits per heavy atom. The Hall–Kier alpha value is -3.75. The average molecular weight is 407 g/mol. The van der Waals surface area contributed by atoms with Crippen LogP contribution < -0.4 is 10.2 Å². The molecule has 1 amide bonds. The van der Waals surface area contributed by atoms with Gasteiger partial charge in [-0.2, -0.15) is 0 Å². The molecule has 1 fully saturated rings. The molecular weight excluding hydrogens is 386 g/mol. The lowest BCUT2D eigenvalue weighted by Gasteiger charge is -2.20. The van der Waals surface area contributed by atoms with E-state index in [1.807, 2.05) is 18.2 Å². The summed E-state index contributed by atoms with van der Waals surface area (Å²) in [4.78, 5) is 24.6. The van der Waals surface area contributed by atoms with Crippen LogP contribution in [0.4, 0.5) is 17.4 Å². The molecule has 1 aliphatic rings. The molecule has 1 saturated heterocycles. The average Bonchev–Trinajstić information content (AvgIpc) is 3.11. The van der Waals surface area contributed by atoms with Crippen molar-refractivity contribution in [2.75, 3.05) is 23.3 Å². The highest BCUT2D eigenvalue weighted by Crippen LogP contribution is 2.24. The molecule has 1 N–H and O–H groups in total. The maximum Gasteiger partial charge on any atom is 0.433 e. The quantitative estimate of drug-likeness (QED) is 0.496. The number of benzene rings is 1. The molecule has 0 spiro atoms. The zero-order chi connectivity index (χ0) is 20.9. The molecule has 9 nitrogen and oxygen atoms in total. The van der Waals surface area contributed by atoms with Crippen LogP contribution in [0.5, 0.6) is 0 Å². The third kappa shape index (κ3) is 4.45. The van der Waals surface area contributed by atoms with Crippen molar-refractivity contribution in [3.05, 3.63) is 64.4 Å². The van der Waals surface area contributed by atoms with Gasteiger partial charge >= 0.3 is 5.88 Å². The normalized spacial score (nSPS) is 14.2. The van der Waals surface area contributed by atoms with Crippen LogP contribution in [-0.2, 0) is 0 Å². The SMILES string of the molecule is O=C(Nc1cccc(-c2ccc(N3CCCCCC3)nn2)c1)c1ccc([N+](=O)[O-])o1. The lowest BCUT2D eigenvalue weighted by atomic mass is 10.1. The number of nitro groups is 1. The molecule has 0 bridgehead atoms. The molecular formula is C21H21N5O4. The second-order valence-corrected chi connectivity index (χ2v) is 7.11. The minimum Gasteiger partial charge on any atom is -0.395 e. The van der Waals surface area contributed by atoms with Crippen LogP contribution in [0.2, 0.25) is 0 Å². The Morgan fingerprint density at radius 3 is 2.50 bits per heavy atom. The number of amides is 1. The molecule has 0 saturated carbocycles. The number of nitrogens with one attached hydrogen (secondary N) is 1. The molecule has 0 unspecified atom stereocenters. The molecule has 3 aromatic rings. The minimum atomic E-state index is -0.689. The van der Waals surface area contributed by atoms with Gasteiger partial charge in [-0.3, -0.25) is 14.9 Å². The molecule has 9 heteroatoms. The minimum absolute atomic E-state index is 0.131. The molecule has 154 valence electrons. The van der Waals surface area contributed by atoms with Crippen LogP contribution in [0.15, 0.2) is 52.9 Å². The lowest BCUT2D eigenvalue weighted by molar-refractivity contribution is -0.402. The largest absolute Gasteiger partial charge is 0.433 e. The monoisotopic (exact) mass is 407 g/mol. The highest BCUT2D eigenvalue weighted by atomic mass is 16.6. The second kappa shape index (κ2) is 8.73. The standard InChI is InChI=1S/C21H21N5O4/c27-21(18-9-11-20(30-18)26(28)29)22-16-7-5-6-15(14-16)17-8-10-19(24-23-17)25-12-3-1-2-4-13-25/h5-11,14H,1-4,12-13H2,(H,22,27). The van der Waals surface area contributed by atoms with Crippen LogP contribution in [0, 0.1) is 10.1 Å². The zero-order valence-corrected chi connectivity index (χ0v) is 16.3. The first-order valence-electron chi connectivity index (χ1n) is 9.85. The van der Waals surface area contributed by atoms with E-state index in [4.69, 9.17) is 4.42 Å². The summed E-state index contributed by atoms with van der Waals surface area (Å²) < 4.78 is 4.94. The number of rotatable bonds is 5. The summed E-state index contributed by atoms with van der Waals surface area (Å²) in [7, 11) is 0. The number of furan rings is 1. The second-order valence-electron chi connectivity index (χ2n) is 7.11. The Morgan fingerprint density at radius 2 is 1.83 bits per heavy atom. The van der Waals surface area contributed by atoms with Gasteiger partial charge < -0.3 is 14.6 Å². The van der Waals surface area contributed by atoms with Gasteiger partial charge in [0, 0.05) is 24.3 Å². The van der Waals surface area contributed by atoms with E-state index in [-0.39, 0.29) is 5.76 Å². The van der Waals surface area contributed by atoms with E-state index < -0.39 is 16.7 Å². The molecule has 1 aromatic carbocycles. The molecule has 2 aromatic heterocycles. The summed E-state index contributed by atoms with van der Waals surface area (Å²) in [6.07, 6.45) is 4.85. The topological polar surface area (TPSA) is 114 Å². The number of hydrogen-bond acceptors (Lipinski definition) is 7. The zero-order valence-electron chi connectivity index (χ0n) is 16.3. The maximum atomic E-state index is 12.3. The van der Waals surface area contributed by atoms with Gasteiger partial charge in [0.15, 0.2) is 11.6 Å². The smallest absolute Gasteiger partial charge is 0.395 e. The van der Waals surface area contributed by atoms with Crippen molar-refractivity contribution in [1.82, 2.24) is 10.2 Å². The van der Waals surface area contributed by atoms with E-state index in [0.717, 1.165) is 30.5 Å². The van der Waals surface area contributed by atoms with Crippen molar-refractivity contribution in [2.24, 2.45) is 0 Å².